The Labute approximate surface area is 105 Å². The fraction of sp³-hybridized carbons (Fsp3) is 1.00. The van der Waals surface area contributed by atoms with Crippen molar-refractivity contribution in [2.75, 3.05) is 13.1 Å². The first-order valence-corrected chi connectivity index (χ1v) is 6.91. The van der Waals surface area contributed by atoms with Crippen molar-refractivity contribution < 1.29 is 13.2 Å². The summed E-state index contributed by atoms with van der Waals surface area (Å²) in [6.45, 7) is 6.57. The van der Waals surface area contributed by atoms with Gasteiger partial charge in [-0.1, -0.05) is 20.8 Å². The van der Waals surface area contributed by atoms with Gasteiger partial charge in [0.25, 0.3) is 0 Å². The minimum atomic E-state index is -4.24. The molecule has 4 atom stereocenters. The van der Waals surface area contributed by atoms with Crippen molar-refractivity contribution in [3.8, 4) is 0 Å². The van der Waals surface area contributed by atoms with Crippen LogP contribution in [0.4, 0.5) is 13.2 Å². The van der Waals surface area contributed by atoms with Gasteiger partial charge in [0.05, 0.1) is 0 Å². The SMILES string of the molecule is CCC(N)C(N1CC(C)SC(C)C1)C(F)(F)F. The number of nitrogens with two attached hydrogens (primary N) is 1. The topological polar surface area (TPSA) is 29.3 Å². The van der Waals surface area contributed by atoms with Gasteiger partial charge in [0.15, 0.2) is 0 Å². The fourth-order valence-electron chi connectivity index (χ4n) is 2.39. The summed E-state index contributed by atoms with van der Waals surface area (Å²) in [4.78, 5) is 1.51. The fourth-order valence-corrected chi connectivity index (χ4v) is 3.74. The van der Waals surface area contributed by atoms with Crippen LogP contribution >= 0.6 is 11.8 Å². The van der Waals surface area contributed by atoms with Crippen molar-refractivity contribution >= 4 is 11.8 Å². The molecule has 0 aromatic heterocycles. The zero-order chi connectivity index (χ0) is 13.2. The van der Waals surface area contributed by atoms with Crippen LogP contribution in [0, 0.1) is 0 Å². The van der Waals surface area contributed by atoms with Gasteiger partial charge in [-0.25, -0.2) is 0 Å². The number of halogens is 3. The first-order valence-electron chi connectivity index (χ1n) is 5.97. The Morgan fingerprint density at radius 1 is 1.29 bits per heavy atom. The third-order valence-corrected chi connectivity index (χ3v) is 4.28. The Balaban J connectivity index is 2.82. The zero-order valence-electron chi connectivity index (χ0n) is 10.5. The van der Waals surface area contributed by atoms with Gasteiger partial charge in [-0.05, 0) is 6.42 Å². The predicted octanol–water partition coefficient (Wildman–Crippen LogP) is 2.48. The number of nitrogens with zero attached hydrogens (tertiary/aromatic N) is 1. The number of hydrogen-bond donors (Lipinski definition) is 1. The highest BCUT2D eigenvalue weighted by Gasteiger charge is 2.47. The Morgan fingerprint density at radius 2 is 1.76 bits per heavy atom. The van der Waals surface area contributed by atoms with Crippen molar-refractivity contribution in [1.29, 1.82) is 0 Å². The van der Waals surface area contributed by atoms with Crippen molar-refractivity contribution in [3.05, 3.63) is 0 Å². The summed E-state index contributed by atoms with van der Waals surface area (Å²) in [5.74, 6) is 0. The molecule has 6 heteroatoms. The molecule has 0 aromatic rings. The molecule has 0 bridgehead atoms. The van der Waals surface area contributed by atoms with E-state index in [1.54, 1.807) is 18.7 Å². The molecule has 0 radical (unpaired) electrons. The average Bonchev–Trinajstić information content (AvgIpc) is 2.13. The van der Waals surface area contributed by atoms with E-state index in [2.05, 4.69) is 0 Å². The van der Waals surface area contributed by atoms with Gasteiger partial charge in [0, 0.05) is 29.6 Å². The summed E-state index contributed by atoms with van der Waals surface area (Å²) < 4.78 is 39.2. The van der Waals surface area contributed by atoms with Crippen LogP contribution in [0.1, 0.15) is 27.2 Å². The Kier molecular flexibility index (Phi) is 5.16. The van der Waals surface area contributed by atoms with Crippen LogP contribution in [0.2, 0.25) is 0 Å². The summed E-state index contributed by atoms with van der Waals surface area (Å²) in [7, 11) is 0. The number of alkyl halides is 3. The summed E-state index contributed by atoms with van der Waals surface area (Å²) in [6.07, 6.45) is -3.90. The van der Waals surface area contributed by atoms with Crippen LogP contribution in [-0.2, 0) is 0 Å². The van der Waals surface area contributed by atoms with E-state index in [4.69, 9.17) is 5.73 Å². The maximum absolute atomic E-state index is 13.1. The van der Waals surface area contributed by atoms with Crippen LogP contribution in [0.3, 0.4) is 0 Å². The minimum absolute atomic E-state index is 0.229. The van der Waals surface area contributed by atoms with Crippen molar-refractivity contribution in [2.24, 2.45) is 5.73 Å². The molecule has 1 aliphatic rings. The highest BCUT2D eigenvalue weighted by molar-refractivity contribution is 8.00. The van der Waals surface area contributed by atoms with Crippen LogP contribution < -0.4 is 5.73 Å². The van der Waals surface area contributed by atoms with Crippen molar-refractivity contribution in [2.45, 2.75) is 56.0 Å². The molecule has 0 amide bonds. The average molecular weight is 270 g/mol. The maximum atomic E-state index is 13.1. The largest absolute Gasteiger partial charge is 0.405 e. The Bertz CT molecular complexity index is 237. The molecule has 2 nitrogen and oxygen atoms in total. The molecular weight excluding hydrogens is 249 g/mol. The molecule has 0 saturated carbocycles. The molecule has 1 fully saturated rings. The van der Waals surface area contributed by atoms with E-state index < -0.39 is 18.3 Å². The van der Waals surface area contributed by atoms with E-state index in [-0.39, 0.29) is 10.5 Å². The first kappa shape index (κ1) is 15.1. The van der Waals surface area contributed by atoms with Gasteiger partial charge in [-0.2, -0.15) is 24.9 Å². The summed E-state index contributed by atoms with van der Waals surface area (Å²) in [6, 6.07) is -2.34. The highest BCUT2D eigenvalue weighted by Crippen LogP contribution is 2.33. The van der Waals surface area contributed by atoms with E-state index in [1.807, 2.05) is 13.8 Å². The van der Waals surface area contributed by atoms with Gasteiger partial charge in [-0.15, -0.1) is 0 Å². The lowest BCUT2D eigenvalue weighted by molar-refractivity contribution is -0.189. The molecule has 17 heavy (non-hydrogen) atoms. The second kappa shape index (κ2) is 5.80. The molecule has 0 spiro atoms. The quantitative estimate of drug-likeness (QED) is 0.854. The normalized spacial score (nSPS) is 31.2. The van der Waals surface area contributed by atoms with Crippen LogP contribution in [0.15, 0.2) is 0 Å². The Morgan fingerprint density at radius 3 is 2.12 bits per heavy atom. The summed E-state index contributed by atoms with van der Waals surface area (Å²) >= 11 is 1.74. The van der Waals surface area contributed by atoms with E-state index in [0.29, 0.717) is 19.5 Å². The van der Waals surface area contributed by atoms with Gasteiger partial charge >= 0.3 is 6.18 Å². The molecule has 2 N–H and O–H groups in total. The molecule has 1 heterocycles. The minimum Gasteiger partial charge on any atom is -0.326 e. The van der Waals surface area contributed by atoms with Crippen LogP contribution in [-0.4, -0.2) is 46.7 Å². The zero-order valence-corrected chi connectivity index (χ0v) is 11.3. The number of hydrogen-bond acceptors (Lipinski definition) is 3. The smallest absolute Gasteiger partial charge is 0.326 e. The highest BCUT2D eigenvalue weighted by atomic mass is 32.2. The maximum Gasteiger partial charge on any atom is 0.405 e. The second-order valence-corrected chi connectivity index (χ2v) is 6.65. The van der Waals surface area contributed by atoms with E-state index in [9.17, 15) is 13.2 Å². The summed E-state index contributed by atoms with van der Waals surface area (Å²) in [5, 5.41) is 0.459. The lowest BCUT2D eigenvalue weighted by Gasteiger charge is -2.42. The van der Waals surface area contributed by atoms with Crippen molar-refractivity contribution in [3.63, 3.8) is 0 Å². The molecule has 102 valence electrons. The summed E-state index contributed by atoms with van der Waals surface area (Å²) in [5.41, 5.74) is 5.66. The van der Waals surface area contributed by atoms with Gasteiger partial charge in [-0.3, -0.25) is 4.90 Å². The predicted molar refractivity (Wildman–Crippen MR) is 66.2 cm³/mol. The van der Waals surface area contributed by atoms with Gasteiger partial charge in [0.2, 0.25) is 0 Å². The second-order valence-electron chi connectivity index (χ2n) is 4.77. The van der Waals surface area contributed by atoms with Crippen molar-refractivity contribution in [1.82, 2.24) is 4.90 Å². The number of thioether (sulfide) groups is 1. The lowest BCUT2D eigenvalue weighted by atomic mass is 10.0. The molecule has 0 aromatic carbocycles. The van der Waals surface area contributed by atoms with Gasteiger partial charge < -0.3 is 5.73 Å². The molecular formula is C11H21F3N2S. The number of rotatable bonds is 3. The lowest BCUT2D eigenvalue weighted by Crippen LogP contribution is -2.59. The monoisotopic (exact) mass is 270 g/mol. The van der Waals surface area contributed by atoms with E-state index in [1.165, 1.54) is 4.90 Å². The van der Waals surface area contributed by atoms with Crippen LogP contribution in [0.25, 0.3) is 0 Å². The molecule has 1 aliphatic heterocycles. The third kappa shape index (κ3) is 4.03. The standard InChI is InChI=1S/C11H21F3N2S/c1-4-9(15)10(11(12,13)14)16-5-7(2)17-8(3)6-16/h7-10H,4-6,15H2,1-3H3. The molecule has 4 unspecified atom stereocenters. The Hall–Kier alpha value is 0.0600. The van der Waals surface area contributed by atoms with Crippen LogP contribution in [0.5, 0.6) is 0 Å². The third-order valence-electron chi connectivity index (χ3n) is 3.05. The molecule has 0 aliphatic carbocycles. The van der Waals surface area contributed by atoms with E-state index in [0.717, 1.165) is 0 Å². The van der Waals surface area contributed by atoms with Gasteiger partial charge in [0.1, 0.15) is 6.04 Å². The molecule has 1 saturated heterocycles. The van der Waals surface area contributed by atoms with E-state index >= 15 is 0 Å². The molecule has 1 rings (SSSR count). The first-order chi connectivity index (χ1) is 7.75.